The van der Waals surface area contributed by atoms with E-state index in [1.54, 1.807) is 0 Å². The molecule has 27 heavy (non-hydrogen) atoms. The first-order valence-corrected chi connectivity index (χ1v) is 12.0. The molecule has 0 heterocycles. The Labute approximate surface area is 164 Å². The predicted octanol–water partition coefficient (Wildman–Crippen LogP) is 3.58. The molecule has 152 valence electrons. The van der Waals surface area contributed by atoms with E-state index in [4.69, 9.17) is 4.74 Å². The van der Waals surface area contributed by atoms with Gasteiger partial charge in [0.2, 0.25) is 0 Å². The van der Waals surface area contributed by atoms with Crippen molar-refractivity contribution in [3.63, 3.8) is 0 Å². The molecule has 6 saturated carbocycles. The highest BCUT2D eigenvalue weighted by atomic mass is 16.5. The smallest absolute Gasteiger partial charge is 0.0497 e. The number of hydrogen-bond donors (Lipinski definition) is 2. The van der Waals surface area contributed by atoms with Gasteiger partial charge in [-0.15, -0.1) is 0 Å². The highest BCUT2D eigenvalue weighted by Crippen LogP contribution is 2.63. The number of rotatable bonds is 6. The zero-order valence-corrected chi connectivity index (χ0v) is 16.7. The number of fused-ring (bicyclic) bond motifs is 10. The van der Waals surface area contributed by atoms with Crippen LogP contribution in [-0.2, 0) is 4.74 Å². The fraction of sp³-hybridized carbons (Fsp3) is 1.00. The summed E-state index contributed by atoms with van der Waals surface area (Å²) in [4.78, 5) is 0. The lowest BCUT2D eigenvalue weighted by Crippen LogP contribution is -2.30. The molecule has 0 aromatic carbocycles. The van der Waals surface area contributed by atoms with Crippen LogP contribution in [0.25, 0.3) is 0 Å². The van der Waals surface area contributed by atoms with Crippen molar-refractivity contribution in [2.45, 2.75) is 51.4 Å². The lowest BCUT2D eigenvalue weighted by Gasteiger charge is -2.33. The van der Waals surface area contributed by atoms with E-state index in [0.29, 0.717) is 25.0 Å². The molecule has 6 fully saturated rings. The van der Waals surface area contributed by atoms with E-state index in [2.05, 4.69) is 0 Å². The normalized spacial score (nSPS) is 57.6. The van der Waals surface area contributed by atoms with Crippen molar-refractivity contribution in [1.29, 1.82) is 0 Å². The summed E-state index contributed by atoms with van der Waals surface area (Å²) in [5, 5.41) is 19.1. The third-order valence-corrected chi connectivity index (χ3v) is 10.6. The molecule has 3 heteroatoms. The van der Waals surface area contributed by atoms with Crippen LogP contribution >= 0.6 is 0 Å². The van der Waals surface area contributed by atoms with E-state index in [0.717, 1.165) is 72.4 Å². The van der Waals surface area contributed by atoms with Crippen molar-refractivity contribution in [3.05, 3.63) is 0 Å². The van der Waals surface area contributed by atoms with E-state index in [1.165, 1.54) is 51.4 Å². The van der Waals surface area contributed by atoms with Crippen LogP contribution in [-0.4, -0.2) is 36.6 Å². The highest BCUT2D eigenvalue weighted by Gasteiger charge is 2.57. The molecule has 12 atom stereocenters. The number of hydrogen-bond acceptors (Lipinski definition) is 3. The zero-order chi connectivity index (χ0) is 18.1. The van der Waals surface area contributed by atoms with Gasteiger partial charge in [0.15, 0.2) is 0 Å². The monoisotopic (exact) mass is 374 g/mol. The van der Waals surface area contributed by atoms with Gasteiger partial charge >= 0.3 is 0 Å². The molecule has 0 aromatic heterocycles. The minimum absolute atomic E-state index is 0.414. The van der Waals surface area contributed by atoms with Crippen LogP contribution in [0.15, 0.2) is 0 Å². The van der Waals surface area contributed by atoms with Gasteiger partial charge < -0.3 is 14.9 Å². The summed E-state index contributed by atoms with van der Waals surface area (Å²) < 4.78 is 6.41. The van der Waals surface area contributed by atoms with Crippen molar-refractivity contribution >= 4 is 0 Å². The van der Waals surface area contributed by atoms with E-state index >= 15 is 0 Å². The Hall–Kier alpha value is -0.120. The van der Waals surface area contributed by atoms with E-state index < -0.39 is 0 Å². The molecule has 0 amide bonds. The summed E-state index contributed by atoms with van der Waals surface area (Å²) in [6.45, 7) is 2.85. The topological polar surface area (TPSA) is 49.7 Å². The van der Waals surface area contributed by atoms with Crippen LogP contribution in [0.3, 0.4) is 0 Å². The minimum atomic E-state index is 0.414. The van der Waals surface area contributed by atoms with Crippen LogP contribution in [0, 0.1) is 71.0 Å². The molecule has 0 radical (unpaired) electrons. The molecule has 4 bridgehead atoms. The van der Waals surface area contributed by atoms with Gasteiger partial charge in [-0.05, 0) is 122 Å². The third-order valence-electron chi connectivity index (χ3n) is 10.6. The van der Waals surface area contributed by atoms with Crippen molar-refractivity contribution in [2.75, 3.05) is 26.4 Å². The lowest BCUT2D eigenvalue weighted by atomic mass is 9.75. The van der Waals surface area contributed by atoms with Crippen LogP contribution in [0.2, 0.25) is 0 Å². The van der Waals surface area contributed by atoms with Crippen LogP contribution in [0.4, 0.5) is 0 Å². The molecule has 12 unspecified atom stereocenters. The maximum absolute atomic E-state index is 9.55. The van der Waals surface area contributed by atoms with E-state index in [1.807, 2.05) is 0 Å². The molecule has 6 aliphatic carbocycles. The Morgan fingerprint density at radius 2 is 0.963 bits per heavy atom. The molecule has 6 rings (SSSR count). The minimum Gasteiger partial charge on any atom is -0.396 e. The van der Waals surface area contributed by atoms with Gasteiger partial charge in [-0.25, -0.2) is 0 Å². The van der Waals surface area contributed by atoms with E-state index in [9.17, 15) is 10.2 Å². The second kappa shape index (κ2) is 6.71. The average molecular weight is 375 g/mol. The van der Waals surface area contributed by atoms with Crippen molar-refractivity contribution in [3.8, 4) is 0 Å². The Balaban J connectivity index is 1.01. The Bertz CT molecular complexity index is 516. The second-order valence-electron chi connectivity index (χ2n) is 11.5. The standard InChI is InChI=1S/C24H38O3/c25-9-13-1-19-15-5-17(21(7-15)23(19)3-13)11-27-12-18-6-16-8-22(18)24-4-14(10-26)2-20(16)24/h13-26H,1-12H2. The summed E-state index contributed by atoms with van der Waals surface area (Å²) >= 11 is 0. The summed E-state index contributed by atoms with van der Waals surface area (Å²) in [6.07, 6.45) is 10.9. The van der Waals surface area contributed by atoms with E-state index in [-0.39, 0.29) is 0 Å². The first-order valence-electron chi connectivity index (χ1n) is 12.0. The van der Waals surface area contributed by atoms with Gasteiger partial charge in [0.25, 0.3) is 0 Å². The molecular weight excluding hydrogens is 336 g/mol. The average Bonchev–Trinajstić information content (AvgIpc) is 3.47. The molecule has 0 aliphatic heterocycles. The van der Waals surface area contributed by atoms with Gasteiger partial charge in [0.1, 0.15) is 0 Å². The zero-order valence-electron chi connectivity index (χ0n) is 16.7. The van der Waals surface area contributed by atoms with Crippen molar-refractivity contribution < 1.29 is 14.9 Å². The fourth-order valence-corrected chi connectivity index (χ4v) is 9.70. The highest BCUT2D eigenvalue weighted by molar-refractivity contribution is 5.06. The van der Waals surface area contributed by atoms with Crippen LogP contribution in [0.5, 0.6) is 0 Å². The summed E-state index contributed by atoms with van der Waals surface area (Å²) in [5.74, 6) is 10.2. The maximum Gasteiger partial charge on any atom is 0.0497 e. The largest absolute Gasteiger partial charge is 0.396 e. The van der Waals surface area contributed by atoms with Crippen LogP contribution < -0.4 is 0 Å². The quantitative estimate of drug-likeness (QED) is 0.747. The van der Waals surface area contributed by atoms with Gasteiger partial charge in [0.05, 0.1) is 0 Å². The molecule has 0 aromatic rings. The molecular formula is C24H38O3. The Morgan fingerprint density at radius 1 is 0.519 bits per heavy atom. The lowest BCUT2D eigenvalue weighted by molar-refractivity contribution is 0.0160. The Kier molecular flexibility index (Phi) is 4.40. The Morgan fingerprint density at radius 3 is 1.41 bits per heavy atom. The number of ether oxygens (including phenoxy) is 1. The second-order valence-corrected chi connectivity index (χ2v) is 11.5. The summed E-state index contributed by atoms with van der Waals surface area (Å²) in [7, 11) is 0. The van der Waals surface area contributed by atoms with Gasteiger partial charge in [0, 0.05) is 26.4 Å². The van der Waals surface area contributed by atoms with Gasteiger partial charge in [-0.2, -0.15) is 0 Å². The summed E-state index contributed by atoms with van der Waals surface area (Å²) in [6, 6.07) is 0. The molecule has 2 N–H and O–H groups in total. The SMILES string of the molecule is OCC1CC2C3CC(COCC4CC5CC4C4CC(CO)CC54)C(C3)C2C1. The maximum atomic E-state index is 9.55. The first-order chi connectivity index (χ1) is 13.2. The van der Waals surface area contributed by atoms with Gasteiger partial charge in [-0.3, -0.25) is 0 Å². The van der Waals surface area contributed by atoms with Crippen LogP contribution in [0.1, 0.15) is 51.4 Å². The first kappa shape index (κ1) is 17.7. The third kappa shape index (κ3) is 2.70. The molecule has 0 spiro atoms. The fourth-order valence-electron chi connectivity index (χ4n) is 9.70. The molecule has 3 nitrogen and oxygen atoms in total. The number of aliphatic hydroxyl groups is 2. The molecule has 6 aliphatic rings. The van der Waals surface area contributed by atoms with Crippen molar-refractivity contribution in [1.82, 2.24) is 0 Å². The van der Waals surface area contributed by atoms with Crippen molar-refractivity contribution in [2.24, 2.45) is 71.0 Å². The molecule has 0 saturated heterocycles. The number of aliphatic hydroxyl groups excluding tert-OH is 2. The van der Waals surface area contributed by atoms with Gasteiger partial charge in [-0.1, -0.05) is 0 Å². The summed E-state index contributed by atoms with van der Waals surface area (Å²) in [5.41, 5.74) is 0. The predicted molar refractivity (Wildman–Crippen MR) is 104 cm³/mol.